The summed E-state index contributed by atoms with van der Waals surface area (Å²) in [5.41, 5.74) is 1.18. The minimum atomic E-state index is 0.990. The minimum absolute atomic E-state index is 0.990. The fourth-order valence-corrected chi connectivity index (χ4v) is 1.81. The second-order valence-corrected chi connectivity index (χ2v) is 3.58. The third-order valence-corrected chi connectivity index (χ3v) is 2.46. The van der Waals surface area contributed by atoms with E-state index >= 15 is 0 Å². The number of nitrogens with zero attached hydrogens (tertiary/aromatic N) is 3. The highest BCUT2D eigenvalue weighted by Gasteiger charge is 2.04. The van der Waals surface area contributed by atoms with Gasteiger partial charge in [-0.15, -0.1) is 0 Å². The third-order valence-electron chi connectivity index (χ3n) is 1.62. The van der Waals surface area contributed by atoms with Crippen LogP contribution in [0.15, 0.2) is 6.20 Å². The first-order valence-electron chi connectivity index (χ1n) is 3.61. The third kappa shape index (κ3) is 0.939. The number of aromatic nitrogens is 3. The van der Waals surface area contributed by atoms with Gasteiger partial charge in [-0.05, 0) is 13.3 Å². The van der Waals surface area contributed by atoms with Gasteiger partial charge >= 0.3 is 0 Å². The van der Waals surface area contributed by atoms with Crippen LogP contribution in [0, 0.1) is 6.92 Å². The van der Waals surface area contributed by atoms with Gasteiger partial charge in [0.05, 0.1) is 11.9 Å². The summed E-state index contributed by atoms with van der Waals surface area (Å²) in [6.07, 6.45) is 2.88. The normalized spacial score (nSPS) is 11.1. The lowest BCUT2D eigenvalue weighted by atomic mass is 10.4. The van der Waals surface area contributed by atoms with E-state index in [9.17, 15) is 0 Å². The average molecular weight is 167 g/mol. The summed E-state index contributed by atoms with van der Waals surface area (Å²) in [4.78, 5) is 5.23. The van der Waals surface area contributed by atoms with Crippen LogP contribution in [0.5, 0.6) is 0 Å². The van der Waals surface area contributed by atoms with Crippen molar-refractivity contribution in [2.24, 2.45) is 0 Å². The molecule has 0 saturated heterocycles. The molecule has 0 unspecified atom stereocenters. The van der Waals surface area contributed by atoms with Crippen LogP contribution >= 0.6 is 11.3 Å². The highest BCUT2D eigenvalue weighted by atomic mass is 32.1. The molecule has 58 valence electrons. The van der Waals surface area contributed by atoms with Crippen molar-refractivity contribution in [1.82, 2.24) is 14.6 Å². The van der Waals surface area contributed by atoms with E-state index in [4.69, 9.17) is 0 Å². The van der Waals surface area contributed by atoms with E-state index in [0.29, 0.717) is 0 Å². The molecule has 0 saturated carbocycles. The topological polar surface area (TPSA) is 30.2 Å². The number of aryl methyl sites for hydroxylation is 2. The maximum Gasteiger partial charge on any atom is 0.212 e. The quantitative estimate of drug-likeness (QED) is 0.646. The lowest BCUT2D eigenvalue weighted by molar-refractivity contribution is 0.866. The molecule has 2 rings (SSSR count). The highest BCUT2D eigenvalue weighted by Crippen LogP contribution is 2.14. The van der Waals surface area contributed by atoms with Crippen LogP contribution < -0.4 is 0 Å². The Morgan fingerprint density at radius 3 is 3.18 bits per heavy atom. The molecular formula is C7H9N3S. The predicted octanol–water partition coefficient (Wildman–Crippen LogP) is 1.66. The van der Waals surface area contributed by atoms with Crippen LogP contribution in [0.25, 0.3) is 4.96 Å². The predicted molar refractivity (Wildman–Crippen MR) is 45.0 cm³/mol. The van der Waals surface area contributed by atoms with Gasteiger partial charge in [0.1, 0.15) is 5.01 Å². The summed E-state index contributed by atoms with van der Waals surface area (Å²) in [6.45, 7) is 4.11. The lowest BCUT2D eigenvalue weighted by Gasteiger charge is -1.87. The molecule has 0 atom stereocenters. The molecule has 2 aromatic heterocycles. The molecule has 11 heavy (non-hydrogen) atoms. The van der Waals surface area contributed by atoms with Gasteiger partial charge in [0, 0.05) is 0 Å². The van der Waals surface area contributed by atoms with Gasteiger partial charge in [-0.2, -0.15) is 5.10 Å². The molecule has 0 aliphatic carbocycles. The van der Waals surface area contributed by atoms with Gasteiger partial charge in [0.25, 0.3) is 0 Å². The monoisotopic (exact) mass is 167 g/mol. The van der Waals surface area contributed by atoms with Crippen molar-refractivity contribution < 1.29 is 0 Å². The van der Waals surface area contributed by atoms with Crippen LogP contribution in [0.4, 0.5) is 0 Å². The molecule has 0 amide bonds. The Balaban J connectivity index is 2.73. The van der Waals surface area contributed by atoms with E-state index in [-0.39, 0.29) is 0 Å². The molecule has 0 aromatic carbocycles. The Hall–Kier alpha value is -0.900. The second-order valence-electron chi connectivity index (χ2n) is 2.42. The molecular weight excluding hydrogens is 158 g/mol. The number of imidazole rings is 1. The van der Waals surface area contributed by atoms with E-state index in [0.717, 1.165) is 16.4 Å². The number of hydrogen-bond acceptors (Lipinski definition) is 3. The van der Waals surface area contributed by atoms with Crippen LogP contribution in [0.1, 0.15) is 17.6 Å². The Morgan fingerprint density at radius 1 is 1.64 bits per heavy atom. The van der Waals surface area contributed by atoms with Gasteiger partial charge < -0.3 is 0 Å². The first-order valence-corrected chi connectivity index (χ1v) is 4.43. The van der Waals surface area contributed by atoms with Crippen molar-refractivity contribution >= 4 is 16.3 Å². The SMILES string of the molecule is CCc1cnc2sc(C)nn12. The Morgan fingerprint density at radius 2 is 2.45 bits per heavy atom. The first kappa shape index (κ1) is 6.79. The molecule has 3 nitrogen and oxygen atoms in total. The molecule has 2 heterocycles. The van der Waals surface area contributed by atoms with Crippen molar-refractivity contribution in [1.29, 1.82) is 0 Å². The molecule has 0 spiro atoms. The zero-order chi connectivity index (χ0) is 7.84. The van der Waals surface area contributed by atoms with E-state index in [1.165, 1.54) is 5.69 Å². The molecule has 4 heteroatoms. The van der Waals surface area contributed by atoms with Gasteiger partial charge in [-0.25, -0.2) is 9.50 Å². The average Bonchev–Trinajstić information content (AvgIpc) is 2.45. The summed E-state index contributed by atoms with van der Waals surface area (Å²) in [7, 11) is 0. The molecule has 0 bridgehead atoms. The standard InChI is InChI=1S/C7H9N3S/c1-3-6-4-8-7-10(6)9-5(2)11-7/h4H,3H2,1-2H3. The van der Waals surface area contributed by atoms with Crippen LogP contribution in [0.2, 0.25) is 0 Å². The summed E-state index contributed by atoms with van der Waals surface area (Å²) in [5, 5.41) is 5.39. The van der Waals surface area contributed by atoms with Gasteiger partial charge in [0.15, 0.2) is 0 Å². The summed E-state index contributed by atoms with van der Waals surface area (Å²) in [6, 6.07) is 0. The zero-order valence-electron chi connectivity index (χ0n) is 6.53. The van der Waals surface area contributed by atoms with Crippen molar-refractivity contribution in [3.63, 3.8) is 0 Å². The molecule has 2 aromatic rings. The summed E-state index contributed by atoms with van der Waals surface area (Å²) < 4.78 is 1.92. The van der Waals surface area contributed by atoms with Gasteiger partial charge in [0.2, 0.25) is 4.96 Å². The summed E-state index contributed by atoms with van der Waals surface area (Å²) >= 11 is 1.63. The summed E-state index contributed by atoms with van der Waals surface area (Å²) in [5.74, 6) is 0. The van der Waals surface area contributed by atoms with E-state index in [2.05, 4.69) is 17.0 Å². The minimum Gasteiger partial charge on any atom is -0.226 e. The number of hydrogen-bond donors (Lipinski definition) is 0. The van der Waals surface area contributed by atoms with E-state index in [1.54, 1.807) is 11.3 Å². The fraction of sp³-hybridized carbons (Fsp3) is 0.429. The van der Waals surface area contributed by atoms with E-state index in [1.807, 2.05) is 17.6 Å². The fourth-order valence-electron chi connectivity index (χ4n) is 1.07. The molecule has 0 aliphatic rings. The number of fused-ring (bicyclic) bond motifs is 1. The highest BCUT2D eigenvalue weighted by molar-refractivity contribution is 7.16. The Kier molecular flexibility index (Phi) is 1.42. The van der Waals surface area contributed by atoms with E-state index < -0.39 is 0 Å². The second kappa shape index (κ2) is 2.30. The smallest absolute Gasteiger partial charge is 0.212 e. The Labute approximate surface area is 68.7 Å². The Bertz CT molecular complexity index is 374. The molecule has 0 radical (unpaired) electrons. The zero-order valence-corrected chi connectivity index (χ0v) is 7.35. The van der Waals surface area contributed by atoms with Gasteiger partial charge in [-0.3, -0.25) is 0 Å². The van der Waals surface area contributed by atoms with Crippen molar-refractivity contribution in [3.8, 4) is 0 Å². The van der Waals surface area contributed by atoms with Crippen LogP contribution in [0.3, 0.4) is 0 Å². The van der Waals surface area contributed by atoms with Crippen LogP contribution in [-0.2, 0) is 6.42 Å². The van der Waals surface area contributed by atoms with Crippen LogP contribution in [-0.4, -0.2) is 14.6 Å². The molecule has 0 aliphatic heterocycles. The van der Waals surface area contributed by atoms with Crippen molar-refractivity contribution in [3.05, 3.63) is 16.9 Å². The lowest BCUT2D eigenvalue weighted by Crippen LogP contribution is -1.90. The maximum absolute atomic E-state index is 4.32. The maximum atomic E-state index is 4.32. The number of rotatable bonds is 1. The molecule has 0 N–H and O–H groups in total. The largest absolute Gasteiger partial charge is 0.226 e. The van der Waals surface area contributed by atoms with Crippen molar-refractivity contribution in [2.75, 3.05) is 0 Å². The van der Waals surface area contributed by atoms with Gasteiger partial charge in [-0.1, -0.05) is 18.3 Å². The first-order chi connectivity index (χ1) is 5.31. The van der Waals surface area contributed by atoms with Crippen molar-refractivity contribution in [2.45, 2.75) is 20.3 Å². The molecule has 0 fully saturated rings.